The first-order chi connectivity index (χ1) is 6.63. The van der Waals surface area contributed by atoms with Crippen LogP contribution >= 0.6 is 0 Å². The largest absolute Gasteiger partial charge is 0.336 e. The van der Waals surface area contributed by atoms with Gasteiger partial charge in [0.1, 0.15) is 0 Å². The number of nitrogens with zero attached hydrogens (tertiary/aromatic N) is 1. The standard InChI is InChI=1S/C12H19NO/c1-4-11-10-6-9(10)7-13(11)12(14)5-8(2)3/h4,8-11H,1,5-7H2,2-3H3. The number of fused-ring (bicyclic) bond motifs is 1. The second-order valence-corrected chi connectivity index (χ2v) is 5.03. The van der Waals surface area contributed by atoms with Gasteiger partial charge < -0.3 is 4.90 Å². The Morgan fingerprint density at radius 1 is 1.64 bits per heavy atom. The van der Waals surface area contributed by atoms with Crippen molar-refractivity contribution >= 4 is 5.91 Å². The van der Waals surface area contributed by atoms with Crippen LogP contribution in [0.4, 0.5) is 0 Å². The van der Waals surface area contributed by atoms with E-state index in [0.717, 1.165) is 18.4 Å². The average Bonchev–Trinajstić information content (AvgIpc) is 2.77. The highest BCUT2D eigenvalue weighted by Crippen LogP contribution is 2.50. The summed E-state index contributed by atoms with van der Waals surface area (Å²) in [6.07, 6.45) is 3.95. The molecular formula is C12H19NO. The second kappa shape index (κ2) is 3.41. The molecule has 3 atom stereocenters. The zero-order chi connectivity index (χ0) is 10.3. The van der Waals surface area contributed by atoms with E-state index in [4.69, 9.17) is 0 Å². The van der Waals surface area contributed by atoms with E-state index in [1.165, 1.54) is 6.42 Å². The third-order valence-electron chi connectivity index (χ3n) is 3.35. The molecule has 0 radical (unpaired) electrons. The zero-order valence-electron chi connectivity index (χ0n) is 9.07. The van der Waals surface area contributed by atoms with Gasteiger partial charge in [-0.15, -0.1) is 6.58 Å². The van der Waals surface area contributed by atoms with Crippen molar-refractivity contribution in [1.29, 1.82) is 0 Å². The van der Waals surface area contributed by atoms with Gasteiger partial charge in [-0.25, -0.2) is 0 Å². The van der Waals surface area contributed by atoms with E-state index in [-0.39, 0.29) is 0 Å². The van der Waals surface area contributed by atoms with E-state index in [2.05, 4.69) is 20.4 Å². The molecule has 1 heterocycles. The van der Waals surface area contributed by atoms with Crippen LogP contribution < -0.4 is 0 Å². The molecule has 2 fully saturated rings. The molecule has 14 heavy (non-hydrogen) atoms. The lowest BCUT2D eigenvalue weighted by molar-refractivity contribution is -0.132. The fraction of sp³-hybridized carbons (Fsp3) is 0.750. The molecular weight excluding hydrogens is 174 g/mol. The van der Waals surface area contributed by atoms with E-state index in [9.17, 15) is 4.79 Å². The summed E-state index contributed by atoms with van der Waals surface area (Å²) < 4.78 is 0. The minimum absolute atomic E-state index is 0.317. The molecule has 0 spiro atoms. The highest BCUT2D eigenvalue weighted by Gasteiger charge is 2.52. The van der Waals surface area contributed by atoms with Crippen molar-refractivity contribution in [2.24, 2.45) is 17.8 Å². The summed E-state index contributed by atoms with van der Waals surface area (Å²) in [4.78, 5) is 13.9. The summed E-state index contributed by atoms with van der Waals surface area (Å²) in [6.45, 7) is 9.01. The van der Waals surface area contributed by atoms with Crippen LogP contribution in [0, 0.1) is 17.8 Å². The van der Waals surface area contributed by atoms with Gasteiger partial charge in [-0.3, -0.25) is 4.79 Å². The van der Waals surface area contributed by atoms with E-state index in [1.807, 2.05) is 11.0 Å². The van der Waals surface area contributed by atoms with Crippen LogP contribution in [-0.4, -0.2) is 23.4 Å². The molecule has 1 aliphatic heterocycles. The molecule has 78 valence electrons. The maximum absolute atomic E-state index is 11.9. The molecule has 2 aliphatic rings. The molecule has 1 saturated carbocycles. The summed E-state index contributed by atoms with van der Waals surface area (Å²) in [5, 5.41) is 0. The first-order valence-corrected chi connectivity index (χ1v) is 5.55. The number of rotatable bonds is 3. The Morgan fingerprint density at radius 3 is 2.93 bits per heavy atom. The molecule has 2 rings (SSSR count). The Labute approximate surface area is 86.0 Å². The lowest BCUT2D eigenvalue weighted by Crippen LogP contribution is -2.37. The molecule has 0 aromatic carbocycles. The van der Waals surface area contributed by atoms with Crippen molar-refractivity contribution in [1.82, 2.24) is 4.90 Å². The molecule has 1 saturated heterocycles. The molecule has 3 unspecified atom stereocenters. The van der Waals surface area contributed by atoms with Gasteiger partial charge in [-0.05, 0) is 24.2 Å². The van der Waals surface area contributed by atoms with E-state index >= 15 is 0 Å². The lowest BCUT2D eigenvalue weighted by Gasteiger charge is -2.25. The summed E-state index contributed by atoms with van der Waals surface area (Å²) in [7, 11) is 0. The predicted octanol–water partition coefficient (Wildman–Crippen LogP) is 2.07. The Bertz CT molecular complexity index is 259. The minimum Gasteiger partial charge on any atom is -0.336 e. The van der Waals surface area contributed by atoms with Crippen LogP contribution in [0.1, 0.15) is 26.7 Å². The van der Waals surface area contributed by atoms with Gasteiger partial charge in [0.15, 0.2) is 0 Å². The van der Waals surface area contributed by atoms with Gasteiger partial charge in [-0.1, -0.05) is 19.9 Å². The van der Waals surface area contributed by atoms with Crippen molar-refractivity contribution in [2.45, 2.75) is 32.7 Å². The summed E-state index contributed by atoms with van der Waals surface area (Å²) >= 11 is 0. The number of hydrogen-bond donors (Lipinski definition) is 0. The number of hydrogen-bond acceptors (Lipinski definition) is 1. The van der Waals surface area contributed by atoms with E-state index < -0.39 is 0 Å². The Hall–Kier alpha value is -0.790. The van der Waals surface area contributed by atoms with Gasteiger partial charge in [0.25, 0.3) is 0 Å². The van der Waals surface area contributed by atoms with Crippen LogP contribution in [0.5, 0.6) is 0 Å². The third kappa shape index (κ3) is 1.58. The quantitative estimate of drug-likeness (QED) is 0.628. The summed E-state index contributed by atoms with van der Waals surface area (Å²) in [5.41, 5.74) is 0. The van der Waals surface area contributed by atoms with Crippen LogP contribution in [-0.2, 0) is 4.79 Å². The molecule has 2 heteroatoms. The zero-order valence-corrected chi connectivity index (χ0v) is 9.07. The van der Waals surface area contributed by atoms with Gasteiger partial charge in [-0.2, -0.15) is 0 Å². The van der Waals surface area contributed by atoms with Crippen LogP contribution in [0.15, 0.2) is 12.7 Å². The maximum Gasteiger partial charge on any atom is 0.223 e. The van der Waals surface area contributed by atoms with E-state index in [1.54, 1.807) is 0 Å². The maximum atomic E-state index is 11.9. The number of likely N-dealkylation sites (tertiary alicyclic amines) is 1. The van der Waals surface area contributed by atoms with Gasteiger partial charge in [0.2, 0.25) is 5.91 Å². The minimum atomic E-state index is 0.317. The molecule has 0 bridgehead atoms. The third-order valence-corrected chi connectivity index (χ3v) is 3.35. The molecule has 0 N–H and O–H groups in total. The van der Waals surface area contributed by atoms with E-state index in [0.29, 0.717) is 24.3 Å². The topological polar surface area (TPSA) is 20.3 Å². The van der Waals surface area contributed by atoms with Gasteiger partial charge in [0.05, 0.1) is 6.04 Å². The smallest absolute Gasteiger partial charge is 0.223 e. The highest BCUT2D eigenvalue weighted by molar-refractivity contribution is 5.77. The van der Waals surface area contributed by atoms with Crippen molar-refractivity contribution < 1.29 is 4.79 Å². The van der Waals surface area contributed by atoms with Crippen molar-refractivity contribution in [3.05, 3.63) is 12.7 Å². The fourth-order valence-corrected chi connectivity index (χ4v) is 2.54. The first-order valence-electron chi connectivity index (χ1n) is 5.55. The highest BCUT2D eigenvalue weighted by atomic mass is 16.2. The molecule has 1 amide bonds. The summed E-state index contributed by atoms with van der Waals surface area (Å²) in [6, 6.07) is 0.339. The Kier molecular flexibility index (Phi) is 2.38. The SMILES string of the molecule is C=CC1C2CC2CN1C(=O)CC(C)C. The van der Waals surface area contributed by atoms with Crippen LogP contribution in [0.3, 0.4) is 0 Å². The van der Waals surface area contributed by atoms with Crippen molar-refractivity contribution in [2.75, 3.05) is 6.54 Å². The normalized spacial score (nSPS) is 34.5. The first kappa shape index (κ1) is 9.75. The van der Waals surface area contributed by atoms with Gasteiger partial charge >= 0.3 is 0 Å². The number of carbonyl (C=O) groups excluding carboxylic acids is 1. The molecule has 0 aromatic rings. The van der Waals surface area contributed by atoms with Crippen LogP contribution in [0.2, 0.25) is 0 Å². The number of carbonyl (C=O) groups is 1. The van der Waals surface area contributed by atoms with Crippen molar-refractivity contribution in [3.63, 3.8) is 0 Å². The average molecular weight is 193 g/mol. The van der Waals surface area contributed by atoms with Crippen molar-refractivity contribution in [3.8, 4) is 0 Å². The molecule has 0 aromatic heterocycles. The number of amides is 1. The fourth-order valence-electron chi connectivity index (χ4n) is 2.54. The number of piperidine rings is 1. The lowest BCUT2D eigenvalue weighted by atomic mass is 10.1. The molecule has 2 nitrogen and oxygen atoms in total. The Morgan fingerprint density at radius 2 is 2.36 bits per heavy atom. The van der Waals surface area contributed by atoms with Crippen LogP contribution in [0.25, 0.3) is 0 Å². The Balaban J connectivity index is 1.97. The van der Waals surface area contributed by atoms with Gasteiger partial charge in [0, 0.05) is 13.0 Å². The molecule has 1 aliphatic carbocycles. The predicted molar refractivity (Wildman–Crippen MR) is 56.8 cm³/mol. The summed E-state index contributed by atoms with van der Waals surface area (Å²) in [5.74, 6) is 2.31. The second-order valence-electron chi connectivity index (χ2n) is 5.03. The monoisotopic (exact) mass is 193 g/mol.